The van der Waals surface area contributed by atoms with Crippen LogP contribution in [0.5, 0.6) is 0 Å². The van der Waals surface area contributed by atoms with Crippen LogP contribution in [-0.4, -0.2) is 29.2 Å². The molecule has 9 heteroatoms. The molecule has 0 atom stereocenters. The van der Waals surface area contributed by atoms with Gasteiger partial charge in [0.15, 0.2) is 0 Å². The molecule has 0 bridgehead atoms. The van der Waals surface area contributed by atoms with Gasteiger partial charge in [0.05, 0.1) is 12.0 Å². The molecular weight excluding hydrogens is 280 g/mol. The normalized spacial score (nSPS) is 12.2. The van der Waals surface area contributed by atoms with Gasteiger partial charge in [-0.3, -0.25) is 4.84 Å². The predicted molar refractivity (Wildman–Crippen MR) is 65.6 cm³/mol. The Hall–Kier alpha value is -1.22. The summed E-state index contributed by atoms with van der Waals surface area (Å²) in [6, 6.07) is 0. The van der Waals surface area contributed by atoms with Gasteiger partial charge in [-0.2, -0.15) is 4.98 Å². The van der Waals surface area contributed by atoms with E-state index in [1.54, 1.807) is 17.8 Å². The summed E-state index contributed by atoms with van der Waals surface area (Å²) in [5.41, 5.74) is 1.11. The van der Waals surface area contributed by atoms with Crippen molar-refractivity contribution in [1.82, 2.24) is 14.5 Å². The van der Waals surface area contributed by atoms with Crippen LogP contribution in [0.4, 0.5) is 0 Å². The molecule has 0 radical (unpaired) electrons. The van der Waals surface area contributed by atoms with Crippen molar-refractivity contribution in [3.63, 3.8) is 0 Å². The molecule has 2 heterocycles. The van der Waals surface area contributed by atoms with Gasteiger partial charge in [0, 0.05) is 25.1 Å². The molecule has 0 aliphatic heterocycles. The molecule has 0 fully saturated rings. The lowest BCUT2D eigenvalue weighted by Crippen LogP contribution is -2.05. The Morgan fingerprint density at radius 1 is 1.50 bits per heavy atom. The van der Waals surface area contributed by atoms with Gasteiger partial charge in [-0.25, -0.2) is 19.3 Å². The maximum atomic E-state index is 11.4. The summed E-state index contributed by atoms with van der Waals surface area (Å²) in [5.74, 6) is 5.02. The first-order valence-corrected chi connectivity index (χ1v) is 7.14. The number of rotatable bonds is 3. The zero-order chi connectivity index (χ0) is 13.5. The molecule has 0 aliphatic rings. The van der Waals surface area contributed by atoms with Crippen molar-refractivity contribution in [3.8, 4) is 0 Å². The van der Waals surface area contributed by atoms with E-state index in [4.69, 9.17) is 17.5 Å². The van der Waals surface area contributed by atoms with E-state index in [1.165, 1.54) is 0 Å². The Morgan fingerprint density at radius 2 is 2.17 bits per heavy atom. The second-order valence-electron chi connectivity index (χ2n) is 3.84. The van der Waals surface area contributed by atoms with Crippen LogP contribution >= 0.6 is 11.6 Å². The summed E-state index contributed by atoms with van der Waals surface area (Å²) in [6.07, 6.45) is 2.74. The molecular formula is C9H11ClN4O3S. The van der Waals surface area contributed by atoms with E-state index in [9.17, 15) is 8.42 Å². The largest absolute Gasteiger partial charge is 0.335 e. The average molecular weight is 291 g/mol. The number of sulfone groups is 1. The van der Waals surface area contributed by atoms with Crippen LogP contribution in [0.15, 0.2) is 11.4 Å². The monoisotopic (exact) mass is 290 g/mol. The second-order valence-corrected chi connectivity index (χ2v) is 6.11. The fourth-order valence-electron chi connectivity index (χ4n) is 1.66. The van der Waals surface area contributed by atoms with Crippen molar-refractivity contribution in [1.29, 1.82) is 0 Å². The maximum Gasteiger partial charge on any atom is 0.250 e. The molecule has 0 aromatic carbocycles. The van der Waals surface area contributed by atoms with Gasteiger partial charge in [0.1, 0.15) is 10.8 Å². The average Bonchev–Trinajstić information content (AvgIpc) is 2.55. The quantitative estimate of drug-likeness (QED) is 0.499. The van der Waals surface area contributed by atoms with Gasteiger partial charge in [-0.05, 0) is 0 Å². The minimum atomic E-state index is -3.51. The maximum absolute atomic E-state index is 11.4. The highest BCUT2D eigenvalue weighted by Gasteiger charge is 2.19. The fourth-order valence-corrected chi connectivity index (χ4v) is 2.50. The van der Waals surface area contributed by atoms with E-state index in [1.807, 2.05) is 0 Å². The summed E-state index contributed by atoms with van der Waals surface area (Å²) in [5, 5.41) is 0.298. The van der Waals surface area contributed by atoms with E-state index >= 15 is 0 Å². The van der Waals surface area contributed by atoms with Gasteiger partial charge in [-0.1, -0.05) is 11.6 Å². The van der Waals surface area contributed by atoms with Crippen LogP contribution in [0.2, 0.25) is 5.15 Å². The molecule has 7 nitrogen and oxygen atoms in total. The van der Waals surface area contributed by atoms with Crippen molar-refractivity contribution < 1.29 is 13.3 Å². The van der Waals surface area contributed by atoms with Crippen molar-refractivity contribution in [2.24, 2.45) is 12.9 Å². The topological polar surface area (TPSA) is 100 Å². The number of fused-ring (bicyclic) bond motifs is 1. The van der Waals surface area contributed by atoms with E-state index in [-0.39, 0.29) is 16.9 Å². The van der Waals surface area contributed by atoms with Crippen molar-refractivity contribution in [3.05, 3.63) is 16.9 Å². The molecule has 0 amide bonds. The molecule has 2 N–H and O–H groups in total. The van der Waals surface area contributed by atoms with Crippen molar-refractivity contribution in [2.45, 2.75) is 11.8 Å². The molecule has 18 heavy (non-hydrogen) atoms. The Bertz CT molecular complexity index is 710. The number of halogens is 1. The second kappa shape index (κ2) is 4.47. The third-order valence-corrected chi connectivity index (χ3v) is 3.52. The minimum Gasteiger partial charge on any atom is -0.335 e. The number of hydrogen-bond acceptors (Lipinski definition) is 6. The molecule has 2 rings (SSSR count). The van der Waals surface area contributed by atoms with Crippen LogP contribution in [0.1, 0.15) is 5.56 Å². The number of aromatic nitrogens is 3. The standard InChI is InChI=1S/C9H11ClN4O3S/c1-14-3-5(4-17-11)6-7(10)12-9(13-8(6)14)18(2,15)16/h3H,4,11H2,1-2H3. The van der Waals surface area contributed by atoms with Gasteiger partial charge in [0.25, 0.3) is 0 Å². The van der Waals surface area contributed by atoms with E-state index in [2.05, 4.69) is 14.8 Å². The Labute approximate surface area is 108 Å². The smallest absolute Gasteiger partial charge is 0.250 e. The molecule has 98 valence electrons. The van der Waals surface area contributed by atoms with Crippen LogP contribution in [-0.2, 0) is 28.3 Å². The van der Waals surface area contributed by atoms with Crippen LogP contribution < -0.4 is 5.90 Å². The number of nitrogens with two attached hydrogens (primary N) is 1. The molecule has 2 aromatic heterocycles. The van der Waals surface area contributed by atoms with E-state index < -0.39 is 9.84 Å². The lowest BCUT2D eigenvalue weighted by molar-refractivity contribution is 0.125. The lowest BCUT2D eigenvalue weighted by Gasteiger charge is -2.02. The molecule has 0 aliphatic carbocycles. The molecule has 0 saturated heterocycles. The third-order valence-electron chi connectivity index (χ3n) is 2.40. The van der Waals surface area contributed by atoms with Crippen LogP contribution in [0.25, 0.3) is 11.0 Å². The highest BCUT2D eigenvalue weighted by Crippen LogP contribution is 2.27. The Kier molecular flexibility index (Phi) is 3.28. The first kappa shape index (κ1) is 13.2. The first-order chi connectivity index (χ1) is 8.34. The van der Waals surface area contributed by atoms with Gasteiger partial charge in [-0.15, -0.1) is 0 Å². The SMILES string of the molecule is Cn1cc(CON)c2c(Cl)nc(S(C)(=O)=O)nc21. The Balaban J connectivity index is 2.79. The highest BCUT2D eigenvalue weighted by molar-refractivity contribution is 7.90. The fraction of sp³-hybridized carbons (Fsp3) is 0.333. The van der Waals surface area contributed by atoms with Crippen LogP contribution in [0.3, 0.4) is 0 Å². The van der Waals surface area contributed by atoms with E-state index in [0.717, 1.165) is 6.26 Å². The molecule has 2 aromatic rings. The molecule has 0 unspecified atom stereocenters. The van der Waals surface area contributed by atoms with Crippen molar-refractivity contribution in [2.75, 3.05) is 6.26 Å². The van der Waals surface area contributed by atoms with Gasteiger partial charge < -0.3 is 4.57 Å². The first-order valence-electron chi connectivity index (χ1n) is 4.87. The summed E-state index contributed by atoms with van der Waals surface area (Å²) in [4.78, 5) is 12.3. The van der Waals surface area contributed by atoms with Gasteiger partial charge >= 0.3 is 0 Å². The number of nitrogens with zero attached hydrogens (tertiary/aromatic N) is 3. The minimum absolute atomic E-state index is 0.0630. The number of hydrogen-bond donors (Lipinski definition) is 1. The lowest BCUT2D eigenvalue weighted by atomic mass is 10.2. The predicted octanol–water partition coefficient (Wildman–Crippen LogP) is 0.416. The highest BCUT2D eigenvalue weighted by atomic mass is 35.5. The third kappa shape index (κ3) is 2.19. The zero-order valence-corrected chi connectivity index (χ0v) is 11.3. The zero-order valence-electron chi connectivity index (χ0n) is 9.71. The van der Waals surface area contributed by atoms with E-state index in [0.29, 0.717) is 16.6 Å². The van der Waals surface area contributed by atoms with Crippen LogP contribution in [0, 0.1) is 0 Å². The van der Waals surface area contributed by atoms with Crippen molar-refractivity contribution >= 4 is 32.5 Å². The summed E-state index contributed by atoms with van der Waals surface area (Å²) in [6.45, 7) is 0.138. The Morgan fingerprint density at radius 3 is 2.72 bits per heavy atom. The molecule has 0 spiro atoms. The summed E-state index contributed by atoms with van der Waals surface area (Å²) >= 11 is 6.00. The summed E-state index contributed by atoms with van der Waals surface area (Å²) < 4.78 is 24.5. The number of aryl methyl sites for hydroxylation is 1. The summed E-state index contributed by atoms with van der Waals surface area (Å²) in [7, 11) is -1.79. The van der Waals surface area contributed by atoms with Gasteiger partial charge in [0.2, 0.25) is 15.0 Å². The molecule has 0 saturated carbocycles.